The molecule has 17 heavy (non-hydrogen) atoms. The van der Waals surface area contributed by atoms with Crippen LogP contribution in [0.4, 0.5) is 0 Å². The molecule has 0 bridgehead atoms. The van der Waals surface area contributed by atoms with Crippen molar-refractivity contribution in [3.05, 3.63) is 42.5 Å². The number of carbonyl (C=O) groups excluding carboxylic acids is 1. The maximum atomic E-state index is 11.2. The van der Waals surface area contributed by atoms with Crippen molar-refractivity contribution in [1.29, 1.82) is 0 Å². The number of nitrogen functional groups attached to an aromatic ring is 1. The highest BCUT2D eigenvalue weighted by Gasteiger charge is 2.02. The lowest BCUT2D eigenvalue weighted by Gasteiger charge is -2.06. The van der Waals surface area contributed by atoms with Gasteiger partial charge in [-0.25, -0.2) is 5.84 Å². The predicted molar refractivity (Wildman–Crippen MR) is 64.6 cm³/mol. The average Bonchev–Trinajstić information content (AvgIpc) is 2.38. The van der Waals surface area contributed by atoms with E-state index < -0.39 is 0 Å². The number of amides is 1. The van der Waals surface area contributed by atoms with Gasteiger partial charge in [0.2, 0.25) is 0 Å². The first kappa shape index (κ1) is 13.2. The first-order valence-corrected chi connectivity index (χ1v) is 5.20. The predicted octanol–water partition coefficient (Wildman–Crippen LogP) is 0.871. The van der Waals surface area contributed by atoms with Crippen molar-refractivity contribution in [1.82, 2.24) is 5.43 Å². The van der Waals surface area contributed by atoms with Crippen LogP contribution in [-0.2, 0) is 4.74 Å². The Bertz CT molecular complexity index is 363. The molecule has 0 radical (unpaired) electrons. The Hall–Kier alpha value is -1.85. The summed E-state index contributed by atoms with van der Waals surface area (Å²) in [5.41, 5.74) is 2.55. The summed E-state index contributed by atoms with van der Waals surface area (Å²) < 4.78 is 10.6. The minimum atomic E-state index is -0.328. The lowest BCUT2D eigenvalue weighted by atomic mass is 10.2. The van der Waals surface area contributed by atoms with E-state index in [1.54, 1.807) is 30.3 Å². The summed E-state index contributed by atoms with van der Waals surface area (Å²) in [6, 6.07) is 6.69. The Morgan fingerprint density at radius 3 is 2.65 bits per heavy atom. The van der Waals surface area contributed by atoms with Crippen molar-refractivity contribution in [3.63, 3.8) is 0 Å². The normalized spacial score (nSPS) is 9.71. The average molecular weight is 236 g/mol. The number of rotatable bonds is 7. The minimum absolute atomic E-state index is 0.328. The molecule has 5 nitrogen and oxygen atoms in total. The van der Waals surface area contributed by atoms with Gasteiger partial charge in [0.1, 0.15) is 12.4 Å². The smallest absolute Gasteiger partial charge is 0.265 e. The van der Waals surface area contributed by atoms with Gasteiger partial charge in [-0.2, -0.15) is 0 Å². The van der Waals surface area contributed by atoms with Gasteiger partial charge < -0.3 is 9.47 Å². The number of benzene rings is 1. The molecule has 0 saturated heterocycles. The molecule has 0 atom stereocenters. The number of carbonyl (C=O) groups is 1. The number of hydrogen-bond acceptors (Lipinski definition) is 4. The van der Waals surface area contributed by atoms with E-state index in [2.05, 4.69) is 12.0 Å². The third-order valence-electron chi connectivity index (χ3n) is 1.98. The van der Waals surface area contributed by atoms with Gasteiger partial charge in [-0.3, -0.25) is 10.2 Å². The Balaban J connectivity index is 2.35. The van der Waals surface area contributed by atoms with Gasteiger partial charge in [0.25, 0.3) is 5.91 Å². The van der Waals surface area contributed by atoms with Gasteiger partial charge in [0.15, 0.2) is 0 Å². The summed E-state index contributed by atoms with van der Waals surface area (Å²) in [6.45, 7) is 5.00. The maximum absolute atomic E-state index is 11.2. The standard InChI is InChI=1S/C12H16N2O3/c1-2-7-16-8-9-17-11-5-3-10(4-6-11)12(15)14-13/h2-6H,1,7-9,13H2,(H,14,15). The first-order chi connectivity index (χ1) is 8.27. The molecular formula is C12H16N2O3. The number of hydrazine groups is 1. The Kier molecular flexibility index (Phi) is 5.77. The van der Waals surface area contributed by atoms with E-state index in [1.165, 1.54) is 0 Å². The highest BCUT2D eigenvalue weighted by molar-refractivity contribution is 5.93. The van der Waals surface area contributed by atoms with Crippen molar-refractivity contribution in [2.75, 3.05) is 19.8 Å². The Labute approximate surface area is 100 Å². The van der Waals surface area contributed by atoms with Crippen molar-refractivity contribution in [2.24, 2.45) is 5.84 Å². The monoisotopic (exact) mass is 236 g/mol. The SMILES string of the molecule is C=CCOCCOc1ccc(C(=O)NN)cc1. The molecule has 0 aromatic heterocycles. The molecule has 1 aromatic carbocycles. The van der Waals surface area contributed by atoms with E-state index in [0.29, 0.717) is 31.1 Å². The third-order valence-corrected chi connectivity index (χ3v) is 1.98. The molecule has 0 unspecified atom stereocenters. The largest absolute Gasteiger partial charge is 0.491 e. The molecular weight excluding hydrogens is 220 g/mol. The van der Waals surface area contributed by atoms with Crippen molar-refractivity contribution in [3.8, 4) is 5.75 Å². The topological polar surface area (TPSA) is 73.6 Å². The van der Waals surface area contributed by atoms with Crippen LogP contribution in [0.3, 0.4) is 0 Å². The number of hydrogen-bond donors (Lipinski definition) is 2. The number of nitrogens with two attached hydrogens (primary N) is 1. The minimum Gasteiger partial charge on any atom is -0.491 e. The third kappa shape index (κ3) is 4.67. The second kappa shape index (κ2) is 7.43. The fourth-order valence-electron chi connectivity index (χ4n) is 1.17. The van der Waals surface area contributed by atoms with Crippen LogP contribution in [0.5, 0.6) is 5.75 Å². The zero-order valence-electron chi connectivity index (χ0n) is 9.52. The van der Waals surface area contributed by atoms with Gasteiger partial charge in [0.05, 0.1) is 13.2 Å². The van der Waals surface area contributed by atoms with Gasteiger partial charge in [-0.1, -0.05) is 6.08 Å². The van der Waals surface area contributed by atoms with E-state index in [-0.39, 0.29) is 5.91 Å². The van der Waals surface area contributed by atoms with Crippen LogP contribution >= 0.6 is 0 Å². The molecule has 0 aliphatic carbocycles. The number of ether oxygens (including phenoxy) is 2. The zero-order chi connectivity index (χ0) is 12.5. The molecule has 0 saturated carbocycles. The first-order valence-electron chi connectivity index (χ1n) is 5.20. The Morgan fingerprint density at radius 1 is 1.35 bits per heavy atom. The highest BCUT2D eigenvalue weighted by Crippen LogP contribution is 2.11. The molecule has 0 fully saturated rings. The summed E-state index contributed by atoms with van der Waals surface area (Å²) in [6.07, 6.45) is 1.68. The lowest BCUT2D eigenvalue weighted by Crippen LogP contribution is -2.29. The quantitative estimate of drug-likeness (QED) is 0.242. The van der Waals surface area contributed by atoms with E-state index in [4.69, 9.17) is 15.3 Å². The molecule has 1 rings (SSSR count). The van der Waals surface area contributed by atoms with Crippen molar-refractivity contribution < 1.29 is 14.3 Å². The summed E-state index contributed by atoms with van der Waals surface area (Å²) in [4.78, 5) is 11.2. The second-order valence-electron chi connectivity index (χ2n) is 3.21. The van der Waals surface area contributed by atoms with Crippen LogP contribution in [0, 0.1) is 0 Å². The summed E-state index contributed by atoms with van der Waals surface area (Å²) in [7, 11) is 0. The fourth-order valence-corrected chi connectivity index (χ4v) is 1.17. The van der Waals surface area contributed by atoms with Crippen molar-refractivity contribution >= 4 is 5.91 Å². The molecule has 3 N–H and O–H groups in total. The van der Waals surface area contributed by atoms with E-state index in [0.717, 1.165) is 0 Å². The van der Waals surface area contributed by atoms with Gasteiger partial charge >= 0.3 is 0 Å². The summed E-state index contributed by atoms with van der Waals surface area (Å²) in [5, 5.41) is 0. The van der Waals surface area contributed by atoms with Gasteiger partial charge in [-0.15, -0.1) is 6.58 Å². The highest BCUT2D eigenvalue weighted by atomic mass is 16.5. The fraction of sp³-hybridized carbons (Fsp3) is 0.250. The van der Waals surface area contributed by atoms with E-state index in [1.807, 2.05) is 0 Å². The summed E-state index contributed by atoms with van der Waals surface area (Å²) >= 11 is 0. The van der Waals surface area contributed by atoms with E-state index in [9.17, 15) is 4.79 Å². The Morgan fingerprint density at radius 2 is 2.06 bits per heavy atom. The molecule has 92 valence electrons. The summed E-state index contributed by atoms with van der Waals surface area (Å²) in [5.74, 6) is 5.37. The van der Waals surface area contributed by atoms with Crippen LogP contribution in [0.25, 0.3) is 0 Å². The number of nitrogens with one attached hydrogen (secondary N) is 1. The molecule has 0 aliphatic heterocycles. The molecule has 1 amide bonds. The van der Waals surface area contributed by atoms with Gasteiger partial charge in [-0.05, 0) is 24.3 Å². The lowest BCUT2D eigenvalue weighted by molar-refractivity contribution is 0.0953. The molecule has 5 heteroatoms. The molecule has 1 aromatic rings. The van der Waals surface area contributed by atoms with Crippen molar-refractivity contribution in [2.45, 2.75) is 0 Å². The van der Waals surface area contributed by atoms with E-state index >= 15 is 0 Å². The maximum Gasteiger partial charge on any atom is 0.265 e. The molecule has 0 heterocycles. The molecule has 0 aliphatic rings. The van der Waals surface area contributed by atoms with Crippen LogP contribution in [-0.4, -0.2) is 25.7 Å². The van der Waals surface area contributed by atoms with Crippen LogP contribution < -0.4 is 16.0 Å². The van der Waals surface area contributed by atoms with Gasteiger partial charge in [0, 0.05) is 5.56 Å². The van der Waals surface area contributed by atoms with Crippen LogP contribution in [0.2, 0.25) is 0 Å². The van der Waals surface area contributed by atoms with Crippen LogP contribution in [0.1, 0.15) is 10.4 Å². The second-order valence-corrected chi connectivity index (χ2v) is 3.21. The zero-order valence-corrected chi connectivity index (χ0v) is 9.52. The van der Waals surface area contributed by atoms with Crippen LogP contribution in [0.15, 0.2) is 36.9 Å². The molecule has 0 spiro atoms.